The molecule has 0 spiro atoms. The summed E-state index contributed by atoms with van der Waals surface area (Å²) in [6.07, 6.45) is 0.803. The summed E-state index contributed by atoms with van der Waals surface area (Å²) in [5.41, 5.74) is 0. The third kappa shape index (κ3) is 3.11. The largest absolute Gasteiger partial charge is 0.481 e. The van der Waals surface area contributed by atoms with Crippen LogP contribution in [0.25, 0.3) is 0 Å². The van der Waals surface area contributed by atoms with Crippen molar-refractivity contribution >= 4 is 12.0 Å². The first-order chi connectivity index (χ1) is 8.68. The van der Waals surface area contributed by atoms with Crippen molar-refractivity contribution in [1.82, 2.24) is 10.2 Å². The van der Waals surface area contributed by atoms with E-state index in [-0.39, 0.29) is 19.2 Å². The van der Waals surface area contributed by atoms with Gasteiger partial charge in [-0.25, -0.2) is 4.79 Å². The highest BCUT2D eigenvalue weighted by molar-refractivity contribution is 5.77. The van der Waals surface area contributed by atoms with Crippen molar-refractivity contribution in [2.45, 2.75) is 12.5 Å². The molecule has 2 heterocycles. The van der Waals surface area contributed by atoms with Crippen molar-refractivity contribution < 1.29 is 24.2 Å². The van der Waals surface area contributed by atoms with Crippen LogP contribution in [0.3, 0.4) is 0 Å². The van der Waals surface area contributed by atoms with Gasteiger partial charge in [0.1, 0.15) is 5.92 Å². The lowest BCUT2D eigenvalue weighted by atomic mass is 10.0. The van der Waals surface area contributed by atoms with Gasteiger partial charge in [0.25, 0.3) is 0 Å². The molecule has 7 heteroatoms. The first-order valence-electron chi connectivity index (χ1n) is 6.12. The predicted octanol–water partition coefficient (Wildman–Crippen LogP) is -0.482. The standard InChI is InChI=1S/C11H18N2O5/c14-10(15)8-6-18-7-9(8)12-11(16)13-2-1-4-17-5-3-13/h8-9H,1-7H2,(H,12,16)(H,14,15). The van der Waals surface area contributed by atoms with Crippen LogP contribution in [0, 0.1) is 5.92 Å². The van der Waals surface area contributed by atoms with Crippen molar-refractivity contribution in [3.05, 3.63) is 0 Å². The Morgan fingerprint density at radius 1 is 1.17 bits per heavy atom. The Labute approximate surface area is 105 Å². The number of urea groups is 1. The van der Waals surface area contributed by atoms with Gasteiger partial charge in [-0.15, -0.1) is 0 Å². The number of ether oxygens (including phenoxy) is 2. The summed E-state index contributed by atoms with van der Waals surface area (Å²) in [7, 11) is 0. The third-order valence-electron chi connectivity index (χ3n) is 3.22. The van der Waals surface area contributed by atoms with Crippen LogP contribution in [0.15, 0.2) is 0 Å². The number of rotatable bonds is 2. The molecule has 0 aliphatic carbocycles. The van der Waals surface area contributed by atoms with Gasteiger partial charge >= 0.3 is 12.0 Å². The van der Waals surface area contributed by atoms with Crippen molar-refractivity contribution in [2.75, 3.05) is 39.5 Å². The second kappa shape index (κ2) is 6.01. The summed E-state index contributed by atoms with van der Waals surface area (Å²) in [6.45, 7) is 2.77. The van der Waals surface area contributed by atoms with Gasteiger partial charge in [-0.05, 0) is 6.42 Å². The van der Waals surface area contributed by atoms with Crippen LogP contribution in [0.1, 0.15) is 6.42 Å². The zero-order valence-electron chi connectivity index (χ0n) is 10.1. The predicted molar refractivity (Wildman–Crippen MR) is 61.3 cm³/mol. The molecule has 0 saturated carbocycles. The molecule has 2 rings (SSSR count). The van der Waals surface area contributed by atoms with Crippen LogP contribution in [-0.2, 0) is 14.3 Å². The minimum Gasteiger partial charge on any atom is -0.481 e. The number of hydrogen-bond acceptors (Lipinski definition) is 4. The molecule has 0 radical (unpaired) electrons. The first-order valence-corrected chi connectivity index (χ1v) is 6.12. The van der Waals surface area contributed by atoms with Crippen LogP contribution in [-0.4, -0.2) is 67.6 Å². The Balaban J connectivity index is 1.87. The molecule has 2 aliphatic rings. The molecule has 2 atom stereocenters. The summed E-state index contributed by atoms with van der Waals surface area (Å²) < 4.78 is 10.4. The average Bonchev–Trinajstić information content (AvgIpc) is 2.63. The molecular formula is C11H18N2O5. The fraction of sp³-hybridized carbons (Fsp3) is 0.818. The smallest absolute Gasteiger partial charge is 0.317 e. The zero-order valence-corrected chi connectivity index (χ0v) is 10.1. The molecule has 0 aromatic carbocycles. The van der Waals surface area contributed by atoms with Crippen molar-refractivity contribution in [3.8, 4) is 0 Å². The summed E-state index contributed by atoms with van der Waals surface area (Å²) in [4.78, 5) is 24.6. The van der Waals surface area contributed by atoms with Crippen molar-refractivity contribution in [2.24, 2.45) is 5.92 Å². The Bertz CT molecular complexity index is 315. The Morgan fingerprint density at radius 2 is 2.00 bits per heavy atom. The van der Waals surface area contributed by atoms with Gasteiger partial charge in [0.05, 0.1) is 25.9 Å². The lowest BCUT2D eigenvalue weighted by Crippen LogP contribution is -2.49. The highest BCUT2D eigenvalue weighted by Gasteiger charge is 2.35. The van der Waals surface area contributed by atoms with Crippen LogP contribution in [0.4, 0.5) is 4.79 Å². The van der Waals surface area contributed by atoms with E-state index < -0.39 is 17.9 Å². The second-order valence-electron chi connectivity index (χ2n) is 4.49. The van der Waals surface area contributed by atoms with E-state index >= 15 is 0 Å². The number of nitrogens with one attached hydrogen (secondary N) is 1. The molecule has 2 amide bonds. The normalized spacial score (nSPS) is 28.8. The number of carboxylic acid groups (broad SMARTS) is 1. The van der Waals surface area contributed by atoms with Gasteiger partial charge in [-0.1, -0.05) is 0 Å². The van der Waals surface area contributed by atoms with E-state index in [9.17, 15) is 9.59 Å². The Morgan fingerprint density at radius 3 is 2.78 bits per heavy atom. The average molecular weight is 258 g/mol. The van der Waals surface area contributed by atoms with Gasteiger partial charge in [0.2, 0.25) is 0 Å². The van der Waals surface area contributed by atoms with E-state index in [4.69, 9.17) is 14.6 Å². The van der Waals surface area contributed by atoms with E-state index in [0.717, 1.165) is 6.42 Å². The number of carbonyl (C=O) groups is 2. The van der Waals surface area contributed by atoms with E-state index in [1.165, 1.54) is 0 Å². The molecule has 2 saturated heterocycles. The summed E-state index contributed by atoms with van der Waals surface area (Å²) in [5.74, 6) is -1.59. The third-order valence-corrected chi connectivity index (χ3v) is 3.22. The molecule has 2 fully saturated rings. The molecule has 102 valence electrons. The van der Waals surface area contributed by atoms with Crippen LogP contribution in [0.5, 0.6) is 0 Å². The summed E-state index contributed by atoms with van der Waals surface area (Å²) in [5, 5.41) is 11.7. The molecule has 2 aliphatic heterocycles. The van der Waals surface area contributed by atoms with Gasteiger partial charge < -0.3 is 24.8 Å². The van der Waals surface area contributed by atoms with Gasteiger partial charge in [-0.3, -0.25) is 4.79 Å². The second-order valence-corrected chi connectivity index (χ2v) is 4.49. The van der Waals surface area contributed by atoms with E-state index in [1.807, 2.05) is 0 Å². The summed E-state index contributed by atoms with van der Waals surface area (Å²) in [6, 6.07) is -0.679. The van der Waals surface area contributed by atoms with Crippen LogP contribution >= 0.6 is 0 Å². The quantitative estimate of drug-likeness (QED) is 0.698. The van der Waals surface area contributed by atoms with Gasteiger partial charge in [0, 0.05) is 19.7 Å². The molecule has 0 aromatic heterocycles. The van der Waals surface area contributed by atoms with Crippen LogP contribution in [0.2, 0.25) is 0 Å². The molecule has 0 aromatic rings. The number of carboxylic acids is 1. The molecule has 7 nitrogen and oxygen atoms in total. The van der Waals surface area contributed by atoms with E-state index in [1.54, 1.807) is 4.90 Å². The van der Waals surface area contributed by atoms with E-state index in [0.29, 0.717) is 26.3 Å². The minimum atomic E-state index is -0.933. The maximum absolute atomic E-state index is 12.0. The number of carbonyl (C=O) groups excluding carboxylic acids is 1. The van der Waals surface area contributed by atoms with E-state index in [2.05, 4.69) is 5.32 Å². The number of aliphatic carboxylic acids is 1. The maximum atomic E-state index is 12.0. The fourth-order valence-corrected chi connectivity index (χ4v) is 2.14. The monoisotopic (exact) mass is 258 g/mol. The Kier molecular flexibility index (Phi) is 4.38. The van der Waals surface area contributed by atoms with Gasteiger partial charge in [0.15, 0.2) is 0 Å². The molecule has 18 heavy (non-hydrogen) atoms. The minimum absolute atomic E-state index is 0.156. The molecule has 2 N–H and O–H groups in total. The molecular weight excluding hydrogens is 240 g/mol. The lowest BCUT2D eigenvalue weighted by Gasteiger charge is -2.23. The van der Waals surface area contributed by atoms with Crippen LogP contribution < -0.4 is 5.32 Å². The maximum Gasteiger partial charge on any atom is 0.317 e. The number of hydrogen-bond donors (Lipinski definition) is 2. The SMILES string of the molecule is O=C(O)C1COCC1NC(=O)N1CCCOCC1. The molecule has 2 unspecified atom stereocenters. The van der Waals surface area contributed by atoms with Crippen molar-refractivity contribution in [3.63, 3.8) is 0 Å². The number of nitrogens with zero attached hydrogens (tertiary/aromatic N) is 1. The Hall–Kier alpha value is -1.34. The highest BCUT2D eigenvalue weighted by Crippen LogP contribution is 2.14. The fourth-order valence-electron chi connectivity index (χ4n) is 2.14. The highest BCUT2D eigenvalue weighted by atomic mass is 16.5. The summed E-state index contributed by atoms with van der Waals surface area (Å²) >= 11 is 0. The zero-order chi connectivity index (χ0) is 13.0. The van der Waals surface area contributed by atoms with Gasteiger partial charge in [-0.2, -0.15) is 0 Å². The van der Waals surface area contributed by atoms with Crippen molar-refractivity contribution in [1.29, 1.82) is 0 Å². The molecule has 0 bridgehead atoms. The number of amides is 2. The lowest BCUT2D eigenvalue weighted by molar-refractivity contribution is -0.142. The topological polar surface area (TPSA) is 88.1 Å². The first kappa shape index (κ1) is 13.1.